The van der Waals surface area contributed by atoms with Gasteiger partial charge in [-0.3, -0.25) is 9.78 Å². The zero-order valence-electron chi connectivity index (χ0n) is 6.30. The fourth-order valence-corrected chi connectivity index (χ4v) is 0.971. The van der Waals surface area contributed by atoms with E-state index in [1.165, 1.54) is 0 Å². The van der Waals surface area contributed by atoms with E-state index in [0.29, 0.717) is 0 Å². The first kappa shape index (κ1) is 9.85. The van der Waals surface area contributed by atoms with Gasteiger partial charge in [0.15, 0.2) is 0 Å². The molecule has 1 rings (SSSR count). The lowest BCUT2D eigenvalue weighted by Crippen LogP contribution is -2.13. The first-order valence-corrected chi connectivity index (χ1v) is 3.63. The third-order valence-corrected chi connectivity index (χ3v) is 1.70. The molecule has 1 aromatic heterocycles. The predicted octanol–water partition coefficient (Wildman–Crippen LogP) is 1.77. The van der Waals surface area contributed by atoms with Crippen LogP contribution in [0.2, 0.25) is 5.02 Å². The number of hydrogen-bond acceptors (Lipinski definition) is 2. The lowest BCUT2D eigenvalue weighted by molar-refractivity contribution is 0.0994. The Bertz CT molecular complexity index is 343. The summed E-state index contributed by atoms with van der Waals surface area (Å²) in [4.78, 5) is 14.0. The molecular formula is C7H5ClF2N2O. The van der Waals surface area contributed by atoms with Crippen LogP contribution in [0.3, 0.4) is 0 Å². The van der Waals surface area contributed by atoms with Crippen LogP contribution in [-0.4, -0.2) is 10.9 Å². The van der Waals surface area contributed by atoms with E-state index in [0.717, 1.165) is 12.3 Å². The highest BCUT2D eigenvalue weighted by Crippen LogP contribution is 2.26. The normalized spacial score (nSPS) is 10.5. The van der Waals surface area contributed by atoms with E-state index < -0.39 is 17.9 Å². The average molecular weight is 207 g/mol. The van der Waals surface area contributed by atoms with E-state index in [4.69, 9.17) is 17.3 Å². The van der Waals surface area contributed by atoms with Crippen molar-refractivity contribution in [1.29, 1.82) is 0 Å². The summed E-state index contributed by atoms with van der Waals surface area (Å²) in [5, 5.41) is -0.209. The van der Waals surface area contributed by atoms with Crippen LogP contribution in [-0.2, 0) is 0 Å². The van der Waals surface area contributed by atoms with Crippen LogP contribution in [0.25, 0.3) is 0 Å². The van der Waals surface area contributed by atoms with E-state index in [-0.39, 0.29) is 10.7 Å². The quantitative estimate of drug-likeness (QED) is 0.802. The molecule has 13 heavy (non-hydrogen) atoms. The third-order valence-electron chi connectivity index (χ3n) is 1.37. The summed E-state index contributed by atoms with van der Waals surface area (Å²) in [6.07, 6.45) is -1.87. The zero-order valence-corrected chi connectivity index (χ0v) is 7.05. The molecule has 0 radical (unpaired) electrons. The molecule has 1 amide bonds. The molecule has 0 fully saturated rings. The highest BCUT2D eigenvalue weighted by Gasteiger charge is 2.14. The van der Waals surface area contributed by atoms with Gasteiger partial charge in [-0.1, -0.05) is 11.6 Å². The SMILES string of the molecule is NC(=O)c1cc(Cl)c(C(F)F)cn1. The van der Waals surface area contributed by atoms with Crippen LogP contribution in [0.1, 0.15) is 22.5 Å². The second kappa shape index (κ2) is 3.66. The number of hydrogen-bond donors (Lipinski definition) is 1. The van der Waals surface area contributed by atoms with Crippen molar-refractivity contribution in [1.82, 2.24) is 4.98 Å². The first-order valence-electron chi connectivity index (χ1n) is 3.25. The molecule has 0 saturated carbocycles. The molecule has 0 bridgehead atoms. The minimum atomic E-state index is -2.71. The Kier molecular flexibility index (Phi) is 2.77. The highest BCUT2D eigenvalue weighted by atomic mass is 35.5. The van der Waals surface area contributed by atoms with Crippen LogP contribution in [0, 0.1) is 0 Å². The summed E-state index contributed by atoms with van der Waals surface area (Å²) in [7, 11) is 0. The standard InChI is InChI=1S/C7H5ClF2N2O/c8-4-1-5(7(11)13)12-2-3(4)6(9)10/h1-2,6H,(H2,11,13). The van der Waals surface area contributed by atoms with E-state index in [1.54, 1.807) is 0 Å². The lowest BCUT2D eigenvalue weighted by Gasteiger charge is -2.02. The minimum Gasteiger partial charge on any atom is -0.364 e. The molecule has 1 aromatic rings. The van der Waals surface area contributed by atoms with E-state index in [9.17, 15) is 13.6 Å². The molecule has 1 heterocycles. The molecule has 0 aromatic carbocycles. The fourth-order valence-electron chi connectivity index (χ4n) is 0.737. The fraction of sp³-hybridized carbons (Fsp3) is 0.143. The Hall–Kier alpha value is -1.23. The number of pyridine rings is 1. The predicted molar refractivity (Wildman–Crippen MR) is 42.7 cm³/mol. The molecule has 0 spiro atoms. The number of alkyl halides is 2. The Balaban J connectivity index is 3.13. The molecule has 6 heteroatoms. The number of amides is 1. The Morgan fingerprint density at radius 1 is 1.62 bits per heavy atom. The maximum atomic E-state index is 12.1. The molecule has 0 saturated heterocycles. The van der Waals surface area contributed by atoms with Gasteiger partial charge in [-0.15, -0.1) is 0 Å². The monoisotopic (exact) mass is 206 g/mol. The zero-order chi connectivity index (χ0) is 10.0. The van der Waals surface area contributed by atoms with Crippen LogP contribution in [0.4, 0.5) is 8.78 Å². The topological polar surface area (TPSA) is 56.0 Å². The highest BCUT2D eigenvalue weighted by molar-refractivity contribution is 6.31. The number of nitrogens with zero attached hydrogens (tertiary/aromatic N) is 1. The molecular weight excluding hydrogens is 202 g/mol. The van der Waals surface area contributed by atoms with Gasteiger partial charge in [0, 0.05) is 6.20 Å². The van der Waals surface area contributed by atoms with Gasteiger partial charge in [-0.05, 0) is 6.07 Å². The van der Waals surface area contributed by atoms with Crippen molar-refractivity contribution in [3.05, 3.63) is 28.5 Å². The van der Waals surface area contributed by atoms with Gasteiger partial charge >= 0.3 is 0 Å². The van der Waals surface area contributed by atoms with Crippen LogP contribution < -0.4 is 5.73 Å². The molecule has 70 valence electrons. The summed E-state index contributed by atoms with van der Waals surface area (Å²) in [6.45, 7) is 0. The number of carbonyl (C=O) groups is 1. The largest absolute Gasteiger partial charge is 0.364 e. The van der Waals surface area contributed by atoms with Crippen molar-refractivity contribution in [2.24, 2.45) is 5.73 Å². The van der Waals surface area contributed by atoms with Crippen molar-refractivity contribution in [3.63, 3.8) is 0 Å². The van der Waals surface area contributed by atoms with Gasteiger partial charge in [0.1, 0.15) is 5.69 Å². The molecule has 0 unspecified atom stereocenters. The van der Waals surface area contributed by atoms with Crippen molar-refractivity contribution < 1.29 is 13.6 Å². The second-order valence-electron chi connectivity index (χ2n) is 2.26. The summed E-state index contributed by atoms with van der Waals surface area (Å²) in [6, 6.07) is 1.02. The smallest absolute Gasteiger partial charge is 0.267 e. The molecule has 0 aliphatic rings. The van der Waals surface area contributed by atoms with Crippen LogP contribution in [0.15, 0.2) is 12.3 Å². The first-order chi connectivity index (χ1) is 6.02. The lowest BCUT2D eigenvalue weighted by atomic mass is 10.2. The average Bonchev–Trinajstić information content (AvgIpc) is 2.03. The summed E-state index contributed by atoms with van der Waals surface area (Å²) >= 11 is 5.44. The molecule has 0 atom stereocenters. The third kappa shape index (κ3) is 2.12. The molecule has 0 aliphatic carbocycles. The second-order valence-corrected chi connectivity index (χ2v) is 2.66. The summed E-state index contributed by atoms with van der Waals surface area (Å²) in [5.41, 5.74) is 4.32. The minimum absolute atomic E-state index is 0.130. The Labute approximate surface area is 77.5 Å². The van der Waals surface area contributed by atoms with Crippen molar-refractivity contribution >= 4 is 17.5 Å². The number of aromatic nitrogens is 1. The molecule has 2 N–H and O–H groups in total. The maximum absolute atomic E-state index is 12.1. The van der Waals surface area contributed by atoms with Gasteiger partial charge in [0.2, 0.25) is 0 Å². The van der Waals surface area contributed by atoms with Crippen molar-refractivity contribution in [3.8, 4) is 0 Å². The number of rotatable bonds is 2. The van der Waals surface area contributed by atoms with E-state index in [1.807, 2.05) is 0 Å². The Morgan fingerprint density at radius 3 is 2.62 bits per heavy atom. The van der Waals surface area contributed by atoms with Crippen LogP contribution >= 0.6 is 11.6 Å². The van der Waals surface area contributed by atoms with Gasteiger partial charge in [0.05, 0.1) is 10.6 Å². The molecule has 0 aliphatic heterocycles. The van der Waals surface area contributed by atoms with Crippen molar-refractivity contribution in [2.45, 2.75) is 6.43 Å². The van der Waals surface area contributed by atoms with E-state index in [2.05, 4.69) is 4.98 Å². The van der Waals surface area contributed by atoms with Crippen molar-refractivity contribution in [2.75, 3.05) is 0 Å². The summed E-state index contributed by atoms with van der Waals surface area (Å²) < 4.78 is 24.2. The maximum Gasteiger partial charge on any atom is 0.267 e. The summed E-state index contributed by atoms with van der Waals surface area (Å²) in [5.74, 6) is -0.803. The Morgan fingerprint density at radius 2 is 2.23 bits per heavy atom. The number of halogens is 3. The number of nitrogens with two attached hydrogens (primary N) is 1. The van der Waals surface area contributed by atoms with Gasteiger partial charge in [-0.25, -0.2) is 8.78 Å². The van der Waals surface area contributed by atoms with Gasteiger partial charge in [-0.2, -0.15) is 0 Å². The number of carbonyl (C=O) groups excluding carboxylic acids is 1. The number of primary amides is 1. The van der Waals surface area contributed by atoms with Crippen LogP contribution in [0.5, 0.6) is 0 Å². The van der Waals surface area contributed by atoms with Gasteiger partial charge in [0.25, 0.3) is 12.3 Å². The van der Waals surface area contributed by atoms with E-state index >= 15 is 0 Å². The molecule has 3 nitrogen and oxygen atoms in total. The van der Waals surface area contributed by atoms with Gasteiger partial charge < -0.3 is 5.73 Å².